The zero-order valence-corrected chi connectivity index (χ0v) is 17.0. The predicted molar refractivity (Wildman–Crippen MR) is 117 cm³/mol. The second kappa shape index (κ2) is 6.97. The highest BCUT2D eigenvalue weighted by molar-refractivity contribution is 5.91. The lowest BCUT2D eigenvalue weighted by atomic mass is 9.73. The number of benzene rings is 2. The van der Waals surface area contributed by atoms with E-state index in [1.54, 1.807) is 0 Å². The van der Waals surface area contributed by atoms with Gasteiger partial charge in [0.15, 0.2) is 0 Å². The number of aryl methyl sites for hydroxylation is 2. The van der Waals surface area contributed by atoms with Crippen LogP contribution in [-0.4, -0.2) is 11.8 Å². The summed E-state index contributed by atoms with van der Waals surface area (Å²) in [5, 5.41) is 7.23. The van der Waals surface area contributed by atoms with Crippen molar-refractivity contribution in [3.05, 3.63) is 77.0 Å². The van der Waals surface area contributed by atoms with Crippen LogP contribution in [0.5, 0.6) is 0 Å². The van der Waals surface area contributed by atoms with Crippen LogP contribution in [-0.2, 0) is 4.79 Å². The first-order valence-corrected chi connectivity index (χ1v) is 9.96. The van der Waals surface area contributed by atoms with E-state index in [0.717, 1.165) is 22.6 Å². The van der Waals surface area contributed by atoms with Crippen LogP contribution in [0.3, 0.4) is 0 Å². The monoisotopic (exact) mass is 372 g/mol. The van der Waals surface area contributed by atoms with Gasteiger partial charge in [-0.15, -0.1) is 0 Å². The molecule has 0 fully saturated rings. The third-order valence-corrected chi connectivity index (χ3v) is 5.75. The number of allylic oxidation sites excluding steroid dienone is 1. The fourth-order valence-electron chi connectivity index (χ4n) is 4.20. The molecule has 0 spiro atoms. The third kappa shape index (κ3) is 3.62. The van der Waals surface area contributed by atoms with E-state index < -0.39 is 0 Å². The number of fused-ring (bicyclic) bond motifs is 2. The highest BCUT2D eigenvalue weighted by Crippen LogP contribution is 2.41. The van der Waals surface area contributed by atoms with Gasteiger partial charge in [-0.2, -0.15) is 0 Å². The van der Waals surface area contributed by atoms with Gasteiger partial charge in [-0.3, -0.25) is 4.79 Å². The van der Waals surface area contributed by atoms with Gasteiger partial charge in [0.25, 0.3) is 0 Å². The van der Waals surface area contributed by atoms with Crippen LogP contribution in [0.4, 0.5) is 11.4 Å². The van der Waals surface area contributed by atoms with Crippen LogP contribution < -0.4 is 10.6 Å². The van der Waals surface area contributed by atoms with Gasteiger partial charge >= 0.3 is 0 Å². The average Bonchev–Trinajstić information content (AvgIpc) is 2.76. The molecule has 0 radical (unpaired) electrons. The Kier molecular flexibility index (Phi) is 4.62. The van der Waals surface area contributed by atoms with Crippen LogP contribution in [0.2, 0.25) is 0 Å². The van der Waals surface area contributed by atoms with E-state index in [1.165, 1.54) is 11.1 Å². The van der Waals surface area contributed by atoms with Gasteiger partial charge in [-0.1, -0.05) is 62.4 Å². The number of nitrogens with one attached hydrogen (secondary N) is 2. The number of hydrogen-bond acceptors (Lipinski definition) is 3. The van der Waals surface area contributed by atoms with E-state index in [-0.39, 0.29) is 23.2 Å². The summed E-state index contributed by atoms with van der Waals surface area (Å²) in [4.78, 5) is 13.1. The molecule has 3 nitrogen and oxygen atoms in total. The maximum atomic E-state index is 13.1. The van der Waals surface area contributed by atoms with Crippen molar-refractivity contribution in [2.45, 2.75) is 40.2 Å². The zero-order valence-electron chi connectivity index (χ0n) is 17.0. The Morgan fingerprint density at radius 2 is 1.71 bits per heavy atom. The molecule has 2 aromatic carbocycles. The molecule has 2 atom stereocenters. The molecule has 28 heavy (non-hydrogen) atoms. The Hall–Kier alpha value is -2.81. The second-order valence-electron chi connectivity index (χ2n) is 8.76. The van der Waals surface area contributed by atoms with Gasteiger partial charge in [0.05, 0.1) is 23.3 Å². The largest absolute Gasteiger partial charge is 0.376 e. The fourth-order valence-corrected chi connectivity index (χ4v) is 4.20. The number of ketones is 1. The molecule has 0 saturated carbocycles. The summed E-state index contributed by atoms with van der Waals surface area (Å²) in [6, 6.07) is 14.5. The third-order valence-electron chi connectivity index (χ3n) is 5.75. The van der Waals surface area contributed by atoms with E-state index in [1.807, 2.05) is 18.2 Å². The van der Waals surface area contributed by atoms with E-state index in [4.69, 9.17) is 0 Å². The molecule has 0 unspecified atom stereocenters. The summed E-state index contributed by atoms with van der Waals surface area (Å²) in [6.07, 6.45) is 7.05. The standard InChI is InChI=1S/C25H28N2O/c1-16-12-20-21(13-17(16)2)27-22-14-25(3,4)15-23(28)24(22)19(26-20)11-10-18-8-6-5-7-9-18/h5-14,19,24,26-27H,15H2,1-4H3/b11-10-/t19-,24-/m1/s1. The molecule has 0 aromatic heterocycles. The van der Waals surface area contributed by atoms with E-state index in [9.17, 15) is 4.79 Å². The number of carbonyl (C=O) groups excluding carboxylic acids is 1. The SMILES string of the molecule is Cc1cc2c(cc1C)N[C@H](/C=C\c1ccccc1)[C@H]1C(=O)CC(C)(C)C=C1N2. The van der Waals surface area contributed by atoms with Crippen molar-refractivity contribution in [2.24, 2.45) is 11.3 Å². The summed E-state index contributed by atoms with van der Waals surface area (Å²) in [6.45, 7) is 8.50. The lowest BCUT2D eigenvalue weighted by Crippen LogP contribution is -2.40. The van der Waals surface area contributed by atoms with Gasteiger partial charge in [-0.05, 0) is 48.1 Å². The molecular weight excluding hydrogens is 344 g/mol. The maximum Gasteiger partial charge on any atom is 0.145 e. The molecule has 1 heterocycles. The molecule has 4 rings (SSSR count). The van der Waals surface area contributed by atoms with Crippen LogP contribution in [0.15, 0.2) is 60.3 Å². The molecule has 2 N–H and O–H groups in total. The molecule has 0 bridgehead atoms. The Bertz CT molecular complexity index is 970. The minimum Gasteiger partial charge on any atom is -0.376 e. The van der Waals surface area contributed by atoms with Crippen molar-refractivity contribution in [3.8, 4) is 0 Å². The maximum absolute atomic E-state index is 13.1. The number of hydrogen-bond donors (Lipinski definition) is 2. The topological polar surface area (TPSA) is 41.1 Å². The number of Topliss-reactive ketones (excluding diaryl/α,β-unsaturated/α-hetero) is 1. The molecule has 3 heteroatoms. The highest BCUT2D eigenvalue weighted by atomic mass is 16.1. The van der Waals surface area contributed by atoms with Crippen molar-refractivity contribution in [1.82, 2.24) is 0 Å². The molecule has 2 aliphatic rings. The van der Waals surface area contributed by atoms with Gasteiger partial charge in [-0.25, -0.2) is 0 Å². The fraction of sp³-hybridized carbons (Fsp3) is 0.320. The summed E-state index contributed by atoms with van der Waals surface area (Å²) in [5.41, 5.74) is 6.59. The summed E-state index contributed by atoms with van der Waals surface area (Å²) in [5.74, 6) is 0.0764. The summed E-state index contributed by atoms with van der Waals surface area (Å²) in [7, 11) is 0. The number of rotatable bonds is 2. The number of anilines is 2. The minimum atomic E-state index is -0.207. The summed E-state index contributed by atoms with van der Waals surface area (Å²) >= 11 is 0. The Balaban J connectivity index is 1.80. The van der Waals surface area contributed by atoms with Crippen LogP contribution in [0.1, 0.15) is 37.0 Å². The van der Waals surface area contributed by atoms with Crippen LogP contribution in [0.25, 0.3) is 6.08 Å². The first-order chi connectivity index (χ1) is 13.3. The van der Waals surface area contributed by atoms with Crippen molar-refractivity contribution in [3.63, 3.8) is 0 Å². The van der Waals surface area contributed by atoms with Crippen molar-refractivity contribution in [1.29, 1.82) is 0 Å². The molecular formula is C25H28N2O. The lowest BCUT2D eigenvalue weighted by Gasteiger charge is -2.34. The first kappa shape index (κ1) is 18.5. The van der Waals surface area contributed by atoms with Gasteiger partial charge in [0, 0.05) is 12.1 Å². The van der Waals surface area contributed by atoms with Crippen molar-refractivity contribution < 1.29 is 4.79 Å². The van der Waals surface area contributed by atoms with Gasteiger partial charge in [0.2, 0.25) is 0 Å². The molecule has 0 amide bonds. The van der Waals surface area contributed by atoms with Gasteiger partial charge < -0.3 is 10.6 Å². The van der Waals surface area contributed by atoms with Crippen molar-refractivity contribution in [2.75, 3.05) is 10.6 Å². The summed E-state index contributed by atoms with van der Waals surface area (Å²) < 4.78 is 0. The first-order valence-electron chi connectivity index (χ1n) is 9.96. The predicted octanol–water partition coefficient (Wildman–Crippen LogP) is 5.72. The Labute approximate surface area is 167 Å². The van der Waals surface area contributed by atoms with E-state index in [2.05, 4.69) is 80.8 Å². The molecule has 1 aliphatic carbocycles. The smallest absolute Gasteiger partial charge is 0.145 e. The Morgan fingerprint density at radius 1 is 1.04 bits per heavy atom. The van der Waals surface area contributed by atoms with E-state index >= 15 is 0 Å². The Morgan fingerprint density at radius 3 is 2.43 bits per heavy atom. The van der Waals surface area contributed by atoms with Gasteiger partial charge in [0.1, 0.15) is 5.78 Å². The lowest BCUT2D eigenvalue weighted by molar-refractivity contribution is -0.123. The van der Waals surface area contributed by atoms with Crippen LogP contribution >= 0.6 is 0 Å². The van der Waals surface area contributed by atoms with E-state index in [0.29, 0.717) is 6.42 Å². The zero-order chi connectivity index (χ0) is 19.9. The average molecular weight is 373 g/mol. The molecule has 1 aliphatic heterocycles. The number of carbonyl (C=O) groups is 1. The van der Waals surface area contributed by atoms with Crippen molar-refractivity contribution >= 4 is 23.2 Å². The second-order valence-corrected chi connectivity index (χ2v) is 8.76. The van der Waals surface area contributed by atoms with Crippen LogP contribution in [0, 0.1) is 25.2 Å². The quantitative estimate of drug-likeness (QED) is 0.708. The normalized spacial score (nSPS) is 23.1. The molecule has 0 saturated heterocycles. The molecule has 2 aromatic rings. The highest BCUT2D eigenvalue weighted by Gasteiger charge is 2.40. The molecule has 144 valence electrons. The minimum absolute atomic E-state index is 0.0917.